The minimum atomic E-state index is -4.13. The predicted molar refractivity (Wildman–Crippen MR) is 121 cm³/mol. The summed E-state index contributed by atoms with van der Waals surface area (Å²) in [7, 11) is -4.13. The Kier molecular flexibility index (Phi) is 7.26. The number of rotatable bonds is 8. The summed E-state index contributed by atoms with van der Waals surface area (Å²) < 4.78 is 36.4. The molecule has 1 aliphatic rings. The maximum Gasteiger partial charge on any atom is 0.339 e. The number of benzene rings is 2. The van der Waals surface area contributed by atoms with Gasteiger partial charge in [-0.05, 0) is 70.5 Å². The van der Waals surface area contributed by atoms with Crippen molar-refractivity contribution in [3.05, 3.63) is 57.4 Å². The van der Waals surface area contributed by atoms with Crippen LogP contribution in [0, 0.1) is 0 Å². The van der Waals surface area contributed by atoms with E-state index < -0.39 is 33.7 Å². The van der Waals surface area contributed by atoms with E-state index in [-0.39, 0.29) is 32.4 Å². The number of imide groups is 1. The lowest BCUT2D eigenvalue weighted by atomic mass is 10.2. The second-order valence-corrected chi connectivity index (χ2v) is 9.74. The van der Waals surface area contributed by atoms with Crippen molar-refractivity contribution in [1.29, 1.82) is 0 Å². The molecule has 1 saturated heterocycles. The Bertz CT molecular complexity index is 1210. The third kappa shape index (κ3) is 5.31. The van der Waals surface area contributed by atoms with Gasteiger partial charge in [0.2, 0.25) is 5.91 Å². The number of nitrogens with two attached hydrogens (primary N) is 1. The van der Waals surface area contributed by atoms with E-state index in [2.05, 4.69) is 15.9 Å². The summed E-state index contributed by atoms with van der Waals surface area (Å²) in [5.41, 5.74) is 5.52. The minimum Gasteiger partial charge on any atom is -0.490 e. The van der Waals surface area contributed by atoms with Crippen LogP contribution in [0.25, 0.3) is 6.08 Å². The first-order valence-corrected chi connectivity index (χ1v) is 12.1. The Morgan fingerprint density at radius 3 is 2.53 bits per heavy atom. The molecule has 32 heavy (non-hydrogen) atoms. The van der Waals surface area contributed by atoms with Gasteiger partial charge in [-0.25, -0.2) is 0 Å². The number of carbonyl (C=O) groups is 3. The van der Waals surface area contributed by atoms with Crippen LogP contribution in [-0.2, 0) is 19.7 Å². The SMILES string of the molecule is CCOc1cc(/C=C2\SC(=O)N(CC(N)=O)C2=O)cc(Br)c1OS(=O)(=O)c1ccccc1. The second kappa shape index (κ2) is 9.76. The number of amides is 3. The summed E-state index contributed by atoms with van der Waals surface area (Å²) in [5, 5.41) is -0.613. The Labute approximate surface area is 196 Å². The highest BCUT2D eigenvalue weighted by molar-refractivity contribution is 9.10. The fourth-order valence-corrected chi connectivity index (χ4v) is 5.17. The molecule has 2 N–H and O–H groups in total. The number of primary amides is 1. The number of hydrogen-bond donors (Lipinski definition) is 1. The molecule has 3 rings (SSSR count). The summed E-state index contributed by atoms with van der Waals surface area (Å²) in [6, 6.07) is 10.6. The number of thioether (sulfide) groups is 1. The number of ether oxygens (including phenoxy) is 1. The van der Waals surface area contributed by atoms with E-state index in [4.69, 9.17) is 14.7 Å². The molecule has 0 spiro atoms. The zero-order chi connectivity index (χ0) is 23.5. The van der Waals surface area contributed by atoms with Gasteiger partial charge >= 0.3 is 10.1 Å². The van der Waals surface area contributed by atoms with Gasteiger partial charge in [-0.2, -0.15) is 8.42 Å². The number of halogens is 1. The number of hydrogen-bond acceptors (Lipinski definition) is 8. The molecule has 1 aliphatic heterocycles. The van der Waals surface area contributed by atoms with Crippen LogP contribution in [0.4, 0.5) is 4.79 Å². The zero-order valence-electron chi connectivity index (χ0n) is 16.6. The van der Waals surface area contributed by atoms with E-state index in [9.17, 15) is 22.8 Å². The minimum absolute atomic E-state index is 0.0263. The van der Waals surface area contributed by atoms with Crippen LogP contribution in [0.15, 0.2) is 56.7 Å². The predicted octanol–water partition coefficient (Wildman–Crippen LogP) is 3.14. The van der Waals surface area contributed by atoms with E-state index in [1.54, 1.807) is 25.1 Å². The lowest BCUT2D eigenvalue weighted by Crippen LogP contribution is -2.36. The Balaban J connectivity index is 1.96. The zero-order valence-corrected chi connectivity index (χ0v) is 19.8. The maximum absolute atomic E-state index is 12.6. The molecule has 0 atom stereocenters. The van der Waals surface area contributed by atoms with Crippen LogP contribution in [0.5, 0.6) is 11.5 Å². The van der Waals surface area contributed by atoms with E-state index in [1.807, 2.05) is 0 Å². The van der Waals surface area contributed by atoms with Gasteiger partial charge in [-0.15, -0.1) is 0 Å². The third-order valence-electron chi connectivity index (χ3n) is 4.04. The van der Waals surface area contributed by atoms with E-state index in [0.717, 1.165) is 4.90 Å². The second-order valence-electron chi connectivity index (χ2n) is 6.35. The van der Waals surface area contributed by atoms with Crippen molar-refractivity contribution in [3.63, 3.8) is 0 Å². The van der Waals surface area contributed by atoms with Gasteiger partial charge in [-0.3, -0.25) is 19.3 Å². The lowest BCUT2D eigenvalue weighted by Gasteiger charge is -2.14. The topological polar surface area (TPSA) is 133 Å². The largest absolute Gasteiger partial charge is 0.490 e. The van der Waals surface area contributed by atoms with Crippen LogP contribution in [0.2, 0.25) is 0 Å². The molecule has 9 nitrogen and oxygen atoms in total. The highest BCUT2D eigenvalue weighted by Gasteiger charge is 2.36. The van der Waals surface area contributed by atoms with Crippen molar-refractivity contribution in [3.8, 4) is 11.5 Å². The molecule has 0 bridgehead atoms. The average molecular weight is 541 g/mol. The highest BCUT2D eigenvalue weighted by Crippen LogP contribution is 2.40. The molecular weight excluding hydrogens is 524 g/mol. The number of carbonyl (C=O) groups excluding carboxylic acids is 3. The fourth-order valence-electron chi connectivity index (χ4n) is 2.70. The van der Waals surface area contributed by atoms with Gasteiger partial charge in [0.15, 0.2) is 11.5 Å². The molecule has 0 aliphatic carbocycles. The average Bonchev–Trinajstić information content (AvgIpc) is 2.98. The van der Waals surface area contributed by atoms with Crippen LogP contribution >= 0.6 is 27.7 Å². The molecule has 2 aromatic rings. The Morgan fingerprint density at radius 2 is 1.91 bits per heavy atom. The molecule has 2 aromatic carbocycles. The molecule has 0 saturated carbocycles. The molecule has 1 heterocycles. The Morgan fingerprint density at radius 1 is 1.22 bits per heavy atom. The third-order valence-corrected chi connectivity index (χ3v) is 6.77. The van der Waals surface area contributed by atoms with Crippen molar-refractivity contribution < 1.29 is 31.7 Å². The Hall–Kier alpha value is -2.83. The van der Waals surface area contributed by atoms with Crippen LogP contribution < -0.4 is 14.7 Å². The van der Waals surface area contributed by atoms with Gasteiger partial charge in [0.25, 0.3) is 11.1 Å². The summed E-state index contributed by atoms with van der Waals surface area (Å²) >= 11 is 3.95. The standard InChI is InChI=1S/C20H17BrN2O7S2/c1-2-29-15-9-12(10-16-19(25)23(11-17(22)24)20(26)31-16)8-14(21)18(15)30-32(27,28)13-6-4-3-5-7-13/h3-10H,2,11H2,1H3,(H2,22,24)/b16-10-. The normalized spacial score (nSPS) is 15.3. The molecule has 0 aromatic heterocycles. The van der Waals surface area contributed by atoms with Crippen molar-refractivity contribution in [2.75, 3.05) is 13.2 Å². The van der Waals surface area contributed by atoms with Crippen LogP contribution in [0.3, 0.4) is 0 Å². The molecule has 0 unspecified atom stereocenters. The lowest BCUT2D eigenvalue weighted by molar-refractivity contribution is -0.127. The molecule has 12 heteroatoms. The summed E-state index contributed by atoms with van der Waals surface area (Å²) in [6.07, 6.45) is 1.43. The first-order chi connectivity index (χ1) is 15.1. The van der Waals surface area contributed by atoms with Crippen molar-refractivity contribution in [2.24, 2.45) is 5.73 Å². The van der Waals surface area contributed by atoms with Gasteiger partial charge < -0.3 is 14.7 Å². The van der Waals surface area contributed by atoms with Crippen molar-refractivity contribution >= 4 is 60.9 Å². The van der Waals surface area contributed by atoms with Crippen molar-refractivity contribution in [1.82, 2.24) is 4.90 Å². The molecular formula is C20H17BrN2O7S2. The summed E-state index contributed by atoms with van der Waals surface area (Å²) in [6.45, 7) is 1.41. The fraction of sp³-hybridized carbons (Fsp3) is 0.150. The van der Waals surface area contributed by atoms with Crippen LogP contribution in [0.1, 0.15) is 12.5 Å². The molecule has 168 valence electrons. The van der Waals surface area contributed by atoms with E-state index >= 15 is 0 Å². The van der Waals surface area contributed by atoms with Gasteiger partial charge in [0.05, 0.1) is 16.0 Å². The number of nitrogens with zero attached hydrogens (tertiary/aromatic N) is 1. The quantitative estimate of drug-likeness (QED) is 0.398. The van der Waals surface area contributed by atoms with E-state index in [1.165, 1.54) is 30.3 Å². The molecule has 1 fully saturated rings. The smallest absolute Gasteiger partial charge is 0.339 e. The van der Waals surface area contributed by atoms with Crippen molar-refractivity contribution in [2.45, 2.75) is 11.8 Å². The van der Waals surface area contributed by atoms with Crippen LogP contribution in [-0.4, -0.2) is 43.5 Å². The first-order valence-electron chi connectivity index (χ1n) is 9.12. The first kappa shape index (κ1) is 23.8. The molecule has 0 radical (unpaired) electrons. The van der Waals surface area contributed by atoms with Gasteiger partial charge in [-0.1, -0.05) is 18.2 Å². The summed E-state index contributed by atoms with van der Waals surface area (Å²) in [5.74, 6) is -1.41. The van der Waals surface area contributed by atoms with Gasteiger partial charge in [0, 0.05) is 0 Å². The summed E-state index contributed by atoms with van der Waals surface area (Å²) in [4.78, 5) is 36.3. The van der Waals surface area contributed by atoms with Gasteiger partial charge in [0.1, 0.15) is 11.4 Å². The monoisotopic (exact) mass is 540 g/mol. The highest BCUT2D eigenvalue weighted by atomic mass is 79.9. The molecule has 3 amide bonds. The van der Waals surface area contributed by atoms with E-state index in [0.29, 0.717) is 17.3 Å². The maximum atomic E-state index is 12.6.